The maximum atomic E-state index is 13.2. The molecule has 30 heavy (non-hydrogen) atoms. The van der Waals surface area contributed by atoms with Crippen molar-refractivity contribution < 1.29 is 9.18 Å². The fraction of sp³-hybridized carbons (Fsp3) is 0.269. The Morgan fingerprint density at radius 2 is 1.47 bits per heavy atom. The lowest BCUT2D eigenvalue weighted by Gasteiger charge is -2.40. The quantitative estimate of drug-likeness (QED) is 0.614. The number of nitrogens with zero attached hydrogens (tertiary/aromatic N) is 2. The van der Waals surface area contributed by atoms with Crippen LogP contribution in [0.1, 0.15) is 38.7 Å². The Balaban J connectivity index is 1.55. The molecule has 3 nitrogen and oxygen atoms in total. The Morgan fingerprint density at radius 3 is 2.10 bits per heavy atom. The zero-order chi connectivity index (χ0) is 21.1. The Labute approximate surface area is 177 Å². The number of hydrogen-bond acceptors (Lipinski definition) is 2. The van der Waals surface area contributed by atoms with E-state index >= 15 is 0 Å². The Hall–Kier alpha value is -2.98. The third kappa shape index (κ3) is 4.29. The van der Waals surface area contributed by atoms with Gasteiger partial charge in [0.05, 0.1) is 6.04 Å². The average Bonchev–Trinajstić information content (AvgIpc) is 2.77. The first-order valence-electron chi connectivity index (χ1n) is 10.4. The summed E-state index contributed by atoms with van der Waals surface area (Å²) in [7, 11) is 0. The van der Waals surface area contributed by atoms with Crippen LogP contribution in [0.15, 0.2) is 72.8 Å². The van der Waals surface area contributed by atoms with Gasteiger partial charge >= 0.3 is 0 Å². The van der Waals surface area contributed by atoms with Gasteiger partial charge in [-0.1, -0.05) is 54.1 Å². The van der Waals surface area contributed by atoms with E-state index in [0.717, 1.165) is 13.1 Å². The summed E-state index contributed by atoms with van der Waals surface area (Å²) in [6, 6.07) is 23.2. The highest BCUT2D eigenvalue weighted by atomic mass is 19.1. The van der Waals surface area contributed by atoms with Gasteiger partial charge in [-0.3, -0.25) is 9.69 Å². The van der Waals surface area contributed by atoms with Crippen molar-refractivity contribution in [2.45, 2.75) is 19.9 Å². The molecule has 0 bridgehead atoms. The molecule has 1 amide bonds. The summed E-state index contributed by atoms with van der Waals surface area (Å²) in [4.78, 5) is 17.1. The molecule has 0 unspecified atom stereocenters. The topological polar surface area (TPSA) is 23.6 Å². The second-order valence-corrected chi connectivity index (χ2v) is 8.00. The van der Waals surface area contributed by atoms with E-state index in [1.54, 1.807) is 12.1 Å². The molecule has 1 atom stereocenters. The molecule has 0 spiro atoms. The van der Waals surface area contributed by atoms with Crippen LogP contribution in [-0.4, -0.2) is 41.9 Å². The predicted octanol–water partition coefficient (Wildman–Crippen LogP) is 4.99. The molecule has 1 saturated heterocycles. The Morgan fingerprint density at radius 1 is 0.833 bits per heavy atom. The molecule has 1 aliphatic heterocycles. The SMILES string of the molecule is Cc1ccc([C@H](c2ccccc2C)N2CCN(C(=O)c3ccc(F)cc3)CC2)cc1. The van der Waals surface area contributed by atoms with Gasteiger partial charge < -0.3 is 4.90 Å². The molecular formula is C26H27FN2O. The molecule has 3 aromatic carbocycles. The average molecular weight is 403 g/mol. The monoisotopic (exact) mass is 402 g/mol. The summed E-state index contributed by atoms with van der Waals surface area (Å²) in [6.45, 7) is 7.16. The number of hydrogen-bond donors (Lipinski definition) is 0. The number of carbonyl (C=O) groups is 1. The van der Waals surface area contributed by atoms with Crippen LogP contribution in [0.2, 0.25) is 0 Å². The number of halogens is 1. The first-order chi connectivity index (χ1) is 14.5. The van der Waals surface area contributed by atoms with Gasteiger partial charge in [0.15, 0.2) is 0 Å². The van der Waals surface area contributed by atoms with Gasteiger partial charge in [0.1, 0.15) is 5.82 Å². The number of carbonyl (C=O) groups excluding carboxylic acids is 1. The van der Waals surface area contributed by atoms with E-state index in [4.69, 9.17) is 0 Å². The van der Waals surface area contributed by atoms with Crippen molar-refractivity contribution in [2.75, 3.05) is 26.2 Å². The summed E-state index contributed by atoms with van der Waals surface area (Å²) in [5.74, 6) is -0.354. The zero-order valence-electron chi connectivity index (χ0n) is 17.5. The van der Waals surface area contributed by atoms with Crippen molar-refractivity contribution in [1.82, 2.24) is 9.80 Å². The van der Waals surface area contributed by atoms with Crippen molar-refractivity contribution >= 4 is 5.91 Å². The van der Waals surface area contributed by atoms with Crippen molar-refractivity contribution in [1.29, 1.82) is 0 Å². The molecule has 4 rings (SSSR count). The van der Waals surface area contributed by atoms with Gasteiger partial charge in [-0.2, -0.15) is 0 Å². The Bertz CT molecular complexity index is 1010. The smallest absolute Gasteiger partial charge is 0.253 e. The molecule has 0 aliphatic carbocycles. The molecule has 4 heteroatoms. The highest BCUT2D eigenvalue weighted by molar-refractivity contribution is 5.94. The summed E-state index contributed by atoms with van der Waals surface area (Å²) >= 11 is 0. The first-order valence-corrected chi connectivity index (χ1v) is 10.4. The van der Waals surface area contributed by atoms with Crippen LogP contribution in [0.4, 0.5) is 4.39 Å². The second-order valence-electron chi connectivity index (χ2n) is 8.00. The van der Waals surface area contributed by atoms with Crippen LogP contribution < -0.4 is 0 Å². The van der Waals surface area contributed by atoms with E-state index in [2.05, 4.69) is 67.3 Å². The summed E-state index contributed by atoms with van der Waals surface area (Å²) < 4.78 is 13.2. The van der Waals surface area contributed by atoms with Gasteiger partial charge in [-0.15, -0.1) is 0 Å². The third-order valence-corrected chi connectivity index (χ3v) is 5.93. The molecule has 0 saturated carbocycles. The van der Waals surface area contributed by atoms with Gasteiger partial charge in [-0.05, 0) is 54.8 Å². The van der Waals surface area contributed by atoms with Gasteiger partial charge in [0.2, 0.25) is 0 Å². The highest BCUT2D eigenvalue weighted by Gasteiger charge is 2.29. The highest BCUT2D eigenvalue weighted by Crippen LogP contribution is 2.32. The van der Waals surface area contributed by atoms with Crippen LogP contribution in [0.3, 0.4) is 0 Å². The Kier molecular flexibility index (Phi) is 5.96. The molecule has 0 radical (unpaired) electrons. The van der Waals surface area contributed by atoms with E-state index in [1.807, 2.05) is 4.90 Å². The number of rotatable bonds is 4. The van der Waals surface area contributed by atoms with Crippen molar-refractivity contribution in [3.63, 3.8) is 0 Å². The maximum absolute atomic E-state index is 13.2. The van der Waals surface area contributed by atoms with Crippen molar-refractivity contribution in [3.8, 4) is 0 Å². The normalized spacial score (nSPS) is 15.8. The van der Waals surface area contributed by atoms with E-state index in [0.29, 0.717) is 18.7 Å². The standard InChI is InChI=1S/C26H27FN2O/c1-19-7-9-21(10-8-19)25(24-6-4-3-5-20(24)2)28-15-17-29(18-16-28)26(30)22-11-13-23(27)14-12-22/h3-14,25H,15-18H2,1-2H3/t25-/m1/s1. The van der Waals surface area contributed by atoms with Crippen LogP contribution in [0.25, 0.3) is 0 Å². The van der Waals surface area contributed by atoms with Crippen molar-refractivity contribution in [2.24, 2.45) is 0 Å². The van der Waals surface area contributed by atoms with Crippen molar-refractivity contribution in [3.05, 3.63) is 106 Å². The van der Waals surface area contributed by atoms with E-state index in [1.165, 1.54) is 34.4 Å². The predicted molar refractivity (Wildman–Crippen MR) is 118 cm³/mol. The van der Waals surface area contributed by atoms with Crippen LogP contribution in [0, 0.1) is 19.7 Å². The van der Waals surface area contributed by atoms with E-state index in [-0.39, 0.29) is 17.8 Å². The molecule has 1 aliphatic rings. The lowest BCUT2D eigenvalue weighted by Crippen LogP contribution is -2.50. The summed E-state index contributed by atoms with van der Waals surface area (Å²) in [5, 5.41) is 0. The lowest BCUT2D eigenvalue weighted by atomic mass is 9.92. The summed E-state index contributed by atoms with van der Waals surface area (Å²) in [5.41, 5.74) is 5.64. The van der Waals surface area contributed by atoms with Crippen LogP contribution in [0.5, 0.6) is 0 Å². The van der Waals surface area contributed by atoms with E-state index < -0.39 is 0 Å². The molecule has 1 fully saturated rings. The number of amides is 1. The zero-order valence-corrected chi connectivity index (χ0v) is 17.5. The number of benzene rings is 3. The molecule has 0 N–H and O–H groups in total. The minimum atomic E-state index is -0.324. The molecule has 154 valence electrons. The third-order valence-electron chi connectivity index (χ3n) is 5.93. The number of piperazine rings is 1. The fourth-order valence-corrected chi connectivity index (χ4v) is 4.19. The second kappa shape index (κ2) is 8.80. The lowest BCUT2D eigenvalue weighted by molar-refractivity contribution is 0.0597. The first kappa shape index (κ1) is 20.3. The van der Waals surface area contributed by atoms with Gasteiger partial charge in [0.25, 0.3) is 5.91 Å². The van der Waals surface area contributed by atoms with E-state index in [9.17, 15) is 9.18 Å². The molecule has 0 aromatic heterocycles. The van der Waals surface area contributed by atoms with Crippen LogP contribution >= 0.6 is 0 Å². The summed E-state index contributed by atoms with van der Waals surface area (Å²) in [6.07, 6.45) is 0. The molecule has 1 heterocycles. The maximum Gasteiger partial charge on any atom is 0.253 e. The molecule has 3 aromatic rings. The van der Waals surface area contributed by atoms with Gasteiger partial charge in [-0.25, -0.2) is 4.39 Å². The fourth-order valence-electron chi connectivity index (χ4n) is 4.19. The van der Waals surface area contributed by atoms with Gasteiger partial charge in [0, 0.05) is 31.7 Å². The molecular weight excluding hydrogens is 375 g/mol. The minimum absolute atomic E-state index is 0.0302. The van der Waals surface area contributed by atoms with Crippen LogP contribution in [-0.2, 0) is 0 Å². The minimum Gasteiger partial charge on any atom is -0.336 e. The number of aryl methyl sites for hydroxylation is 2. The largest absolute Gasteiger partial charge is 0.336 e.